The number of benzene rings is 2. The zero-order chi connectivity index (χ0) is 14.5. The van der Waals surface area contributed by atoms with E-state index in [1.807, 2.05) is 37.3 Å². The number of rotatable bonds is 5. The number of ether oxygens (including phenoxy) is 1. The van der Waals surface area contributed by atoms with Gasteiger partial charge in [-0.25, -0.2) is 0 Å². The van der Waals surface area contributed by atoms with Crippen LogP contribution in [0.1, 0.15) is 22.8 Å². The number of aliphatic hydroxyl groups excluding tert-OH is 1. The molecule has 0 saturated heterocycles. The Bertz CT molecular complexity index is 610. The molecule has 2 rings (SSSR count). The van der Waals surface area contributed by atoms with Crippen LogP contribution in [-0.2, 0) is 11.4 Å². The quantitative estimate of drug-likeness (QED) is 0.874. The first-order valence-corrected chi connectivity index (χ1v) is 6.32. The van der Waals surface area contributed by atoms with Crippen LogP contribution in [0, 0.1) is 6.92 Å². The SMILES string of the molecule is Cc1cccc(OCc2ccccc2C(O)C(N)=O)c1. The van der Waals surface area contributed by atoms with Gasteiger partial charge in [0.25, 0.3) is 5.91 Å². The van der Waals surface area contributed by atoms with Crippen LogP contribution in [-0.4, -0.2) is 11.0 Å². The van der Waals surface area contributed by atoms with Gasteiger partial charge in [0.15, 0.2) is 6.10 Å². The van der Waals surface area contributed by atoms with Gasteiger partial charge in [-0.1, -0.05) is 36.4 Å². The lowest BCUT2D eigenvalue weighted by Crippen LogP contribution is -2.22. The monoisotopic (exact) mass is 271 g/mol. The predicted molar refractivity (Wildman–Crippen MR) is 76.1 cm³/mol. The number of aliphatic hydroxyl groups is 1. The molecule has 0 aliphatic heterocycles. The number of amides is 1. The molecule has 1 unspecified atom stereocenters. The molecular weight excluding hydrogens is 254 g/mol. The first-order chi connectivity index (χ1) is 9.58. The van der Waals surface area contributed by atoms with E-state index >= 15 is 0 Å². The number of carbonyl (C=O) groups excluding carboxylic acids is 1. The lowest BCUT2D eigenvalue weighted by molar-refractivity contribution is -0.126. The van der Waals surface area contributed by atoms with Crippen molar-refractivity contribution in [2.24, 2.45) is 5.73 Å². The molecule has 0 heterocycles. The van der Waals surface area contributed by atoms with Gasteiger partial charge in [0.05, 0.1) is 0 Å². The Kier molecular flexibility index (Phi) is 4.38. The molecule has 104 valence electrons. The minimum absolute atomic E-state index is 0.268. The second kappa shape index (κ2) is 6.21. The van der Waals surface area contributed by atoms with E-state index in [1.165, 1.54) is 0 Å². The highest BCUT2D eigenvalue weighted by atomic mass is 16.5. The van der Waals surface area contributed by atoms with E-state index in [1.54, 1.807) is 18.2 Å². The third kappa shape index (κ3) is 3.36. The fraction of sp³-hybridized carbons (Fsp3) is 0.188. The summed E-state index contributed by atoms with van der Waals surface area (Å²) < 4.78 is 5.68. The fourth-order valence-electron chi connectivity index (χ4n) is 1.95. The number of hydrogen-bond donors (Lipinski definition) is 2. The normalized spacial score (nSPS) is 11.9. The van der Waals surface area contributed by atoms with Crippen molar-refractivity contribution in [2.75, 3.05) is 0 Å². The maximum absolute atomic E-state index is 11.1. The highest BCUT2D eigenvalue weighted by Gasteiger charge is 2.17. The Morgan fingerprint density at radius 1 is 1.25 bits per heavy atom. The standard InChI is InChI=1S/C16H17NO3/c1-11-5-4-7-13(9-11)20-10-12-6-2-3-8-14(12)15(18)16(17)19/h2-9,15,18H,10H2,1H3,(H2,17,19). The lowest BCUT2D eigenvalue weighted by Gasteiger charge is -2.14. The van der Waals surface area contributed by atoms with E-state index < -0.39 is 12.0 Å². The molecule has 0 bridgehead atoms. The number of primary amides is 1. The predicted octanol–water partition coefficient (Wildman–Crippen LogP) is 2.09. The van der Waals surface area contributed by atoms with Crippen LogP contribution >= 0.6 is 0 Å². The average Bonchev–Trinajstić information content (AvgIpc) is 2.44. The molecule has 4 nitrogen and oxygen atoms in total. The Balaban J connectivity index is 2.15. The van der Waals surface area contributed by atoms with Gasteiger partial charge in [-0.05, 0) is 35.7 Å². The highest BCUT2D eigenvalue weighted by molar-refractivity contribution is 5.80. The Morgan fingerprint density at radius 2 is 2.00 bits per heavy atom. The minimum Gasteiger partial charge on any atom is -0.489 e. The molecule has 2 aromatic rings. The molecule has 0 aliphatic rings. The van der Waals surface area contributed by atoms with Gasteiger partial charge in [0.2, 0.25) is 0 Å². The van der Waals surface area contributed by atoms with Crippen LogP contribution in [0.2, 0.25) is 0 Å². The molecule has 3 N–H and O–H groups in total. The van der Waals surface area contributed by atoms with Crippen molar-refractivity contribution in [1.82, 2.24) is 0 Å². The Labute approximate surface area is 117 Å². The minimum atomic E-state index is -1.31. The molecule has 20 heavy (non-hydrogen) atoms. The largest absolute Gasteiger partial charge is 0.489 e. The van der Waals surface area contributed by atoms with Crippen LogP contribution in [0.3, 0.4) is 0 Å². The van der Waals surface area contributed by atoms with Gasteiger partial charge in [0.1, 0.15) is 12.4 Å². The molecule has 0 radical (unpaired) electrons. The van der Waals surface area contributed by atoms with E-state index in [0.29, 0.717) is 5.56 Å². The van der Waals surface area contributed by atoms with Gasteiger partial charge in [0, 0.05) is 0 Å². The van der Waals surface area contributed by atoms with Crippen LogP contribution in [0.5, 0.6) is 5.75 Å². The third-order valence-electron chi connectivity index (χ3n) is 3.00. The molecule has 0 aliphatic carbocycles. The summed E-state index contributed by atoms with van der Waals surface area (Å²) in [7, 11) is 0. The molecule has 1 amide bonds. The van der Waals surface area contributed by atoms with Gasteiger partial charge >= 0.3 is 0 Å². The molecule has 4 heteroatoms. The first-order valence-electron chi connectivity index (χ1n) is 6.32. The molecule has 1 atom stereocenters. The fourth-order valence-corrected chi connectivity index (χ4v) is 1.95. The summed E-state index contributed by atoms with van der Waals surface area (Å²) in [5.41, 5.74) is 7.45. The lowest BCUT2D eigenvalue weighted by atomic mass is 10.0. The van der Waals surface area contributed by atoms with Crippen molar-refractivity contribution < 1.29 is 14.6 Å². The zero-order valence-electron chi connectivity index (χ0n) is 11.2. The summed E-state index contributed by atoms with van der Waals surface area (Å²) in [6.07, 6.45) is -1.31. The summed E-state index contributed by atoms with van der Waals surface area (Å²) >= 11 is 0. The van der Waals surface area contributed by atoms with E-state index in [9.17, 15) is 9.90 Å². The van der Waals surface area contributed by atoms with Crippen LogP contribution in [0.25, 0.3) is 0 Å². The molecular formula is C16H17NO3. The van der Waals surface area contributed by atoms with Gasteiger partial charge in [-0.15, -0.1) is 0 Å². The average molecular weight is 271 g/mol. The maximum Gasteiger partial charge on any atom is 0.250 e. The van der Waals surface area contributed by atoms with Gasteiger partial charge in [-0.2, -0.15) is 0 Å². The van der Waals surface area contributed by atoms with E-state index in [0.717, 1.165) is 16.9 Å². The molecule has 0 aromatic heterocycles. The summed E-state index contributed by atoms with van der Waals surface area (Å²) in [6.45, 7) is 2.25. The summed E-state index contributed by atoms with van der Waals surface area (Å²) in [6, 6.07) is 14.7. The Morgan fingerprint density at radius 3 is 2.70 bits per heavy atom. The second-order valence-electron chi connectivity index (χ2n) is 4.61. The van der Waals surface area contributed by atoms with Crippen LogP contribution < -0.4 is 10.5 Å². The number of carbonyl (C=O) groups is 1. The topological polar surface area (TPSA) is 72.6 Å². The smallest absolute Gasteiger partial charge is 0.250 e. The second-order valence-corrected chi connectivity index (χ2v) is 4.61. The number of aryl methyl sites for hydroxylation is 1. The first kappa shape index (κ1) is 14.1. The van der Waals surface area contributed by atoms with Crippen molar-refractivity contribution in [3.05, 3.63) is 65.2 Å². The van der Waals surface area contributed by atoms with Gasteiger partial charge < -0.3 is 15.6 Å². The van der Waals surface area contributed by atoms with Crippen molar-refractivity contribution in [3.8, 4) is 5.75 Å². The summed E-state index contributed by atoms with van der Waals surface area (Å²) in [5, 5.41) is 9.79. The molecule has 0 saturated carbocycles. The zero-order valence-corrected chi connectivity index (χ0v) is 11.2. The van der Waals surface area contributed by atoms with Crippen molar-refractivity contribution in [1.29, 1.82) is 0 Å². The van der Waals surface area contributed by atoms with Crippen LogP contribution in [0.15, 0.2) is 48.5 Å². The van der Waals surface area contributed by atoms with Crippen molar-refractivity contribution in [3.63, 3.8) is 0 Å². The molecule has 2 aromatic carbocycles. The number of nitrogens with two attached hydrogens (primary N) is 1. The van der Waals surface area contributed by atoms with Crippen molar-refractivity contribution in [2.45, 2.75) is 19.6 Å². The Hall–Kier alpha value is -2.33. The summed E-state index contributed by atoms with van der Waals surface area (Å²) in [5.74, 6) is -0.0265. The van der Waals surface area contributed by atoms with E-state index in [2.05, 4.69) is 0 Å². The van der Waals surface area contributed by atoms with E-state index in [-0.39, 0.29) is 6.61 Å². The number of hydrogen-bond acceptors (Lipinski definition) is 3. The molecule has 0 spiro atoms. The van der Waals surface area contributed by atoms with E-state index in [4.69, 9.17) is 10.5 Å². The third-order valence-corrected chi connectivity index (χ3v) is 3.00. The summed E-state index contributed by atoms with van der Waals surface area (Å²) in [4.78, 5) is 11.1. The maximum atomic E-state index is 11.1. The molecule has 0 fully saturated rings. The van der Waals surface area contributed by atoms with Crippen LogP contribution in [0.4, 0.5) is 0 Å². The van der Waals surface area contributed by atoms with Gasteiger partial charge in [-0.3, -0.25) is 4.79 Å². The highest BCUT2D eigenvalue weighted by Crippen LogP contribution is 2.20. The van der Waals surface area contributed by atoms with Crippen molar-refractivity contribution >= 4 is 5.91 Å².